The van der Waals surface area contributed by atoms with E-state index < -0.39 is 17.5 Å². The number of carboxylic acid groups (broad SMARTS) is 1. The number of aryl methyl sites for hydroxylation is 1. The molecule has 1 fully saturated rings. The fraction of sp³-hybridized carbons (Fsp3) is 0.583. The molecule has 1 aromatic rings. The minimum atomic E-state index is -1.21. The number of aromatic nitrogens is 1. The Labute approximate surface area is 110 Å². The average molecular weight is 267 g/mol. The Bertz CT molecular complexity index is 495. The topological polar surface area (TPSA) is 104 Å². The molecule has 1 unspecified atom stereocenters. The van der Waals surface area contributed by atoms with E-state index in [4.69, 9.17) is 4.42 Å². The van der Waals surface area contributed by atoms with Crippen molar-refractivity contribution in [2.45, 2.75) is 38.8 Å². The highest BCUT2D eigenvalue weighted by Gasteiger charge is 2.48. The summed E-state index contributed by atoms with van der Waals surface area (Å²) in [5, 5.41) is 14.3. The Morgan fingerprint density at radius 2 is 2.26 bits per heavy atom. The van der Waals surface area contributed by atoms with Crippen LogP contribution >= 0.6 is 0 Å². The molecule has 1 heterocycles. The first kappa shape index (κ1) is 13.4. The van der Waals surface area contributed by atoms with Gasteiger partial charge in [0.05, 0.1) is 12.7 Å². The largest absolute Gasteiger partial charge is 0.480 e. The quantitative estimate of drug-likeness (QED) is 0.739. The van der Waals surface area contributed by atoms with E-state index in [-0.39, 0.29) is 12.5 Å². The first-order valence-electron chi connectivity index (χ1n) is 6.12. The zero-order valence-electron chi connectivity index (χ0n) is 10.9. The summed E-state index contributed by atoms with van der Waals surface area (Å²) < 4.78 is 5.20. The SMILES string of the molecule is Cc1cnc(CNC(=O)NC(C)(C(=O)O)C2CC2)o1. The maximum absolute atomic E-state index is 11.7. The van der Waals surface area contributed by atoms with Crippen molar-refractivity contribution < 1.29 is 19.1 Å². The standard InChI is InChI=1S/C12H17N3O4/c1-7-5-13-9(19-7)6-14-11(18)15-12(2,10(16)17)8-3-4-8/h5,8H,3-4,6H2,1-2H3,(H,16,17)(H2,14,15,18). The Balaban J connectivity index is 1.88. The number of carboxylic acids is 1. The molecule has 1 aliphatic carbocycles. The maximum atomic E-state index is 11.7. The van der Waals surface area contributed by atoms with Crippen molar-refractivity contribution in [2.75, 3.05) is 0 Å². The fourth-order valence-electron chi connectivity index (χ4n) is 1.91. The summed E-state index contributed by atoms with van der Waals surface area (Å²) in [5.41, 5.74) is -1.21. The van der Waals surface area contributed by atoms with Crippen LogP contribution in [0.5, 0.6) is 0 Å². The number of rotatable bonds is 5. The molecule has 0 aliphatic heterocycles. The number of carbonyl (C=O) groups excluding carboxylic acids is 1. The van der Waals surface area contributed by atoms with Crippen molar-refractivity contribution in [3.63, 3.8) is 0 Å². The normalized spacial score (nSPS) is 17.6. The second-order valence-electron chi connectivity index (χ2n) is 4.95. The molecule has 1 aliphatic rings. The summed E-state index contributed by atoms with van der Waals surface area (Å²) in [4.78, 5) is 26.9. The van der Waals surface area contributed by atoms with Crippen LogP contribution in [0.25, 0.3) is 0 Å². The average Bonchev–Trinajstić information content (AvgIpc) is 3.11. The molecular formula is C12H17N3O4. The van der Waals surface area contributed by atoms with Gasteiger partial charge in [-0.05, 0) is 32.6 Å². The van der Waals surface area contributed by atoms with Crippen molar-refractivity contribution in [1.82, 2.24) is 15.6 Å². The second-order valence-corrected chi connectivity index (χ2v) is 4.95. The van der Waals surface area contributed by atoms with Gasteiger partial charge in [-0.2, -0.15) is 0 Å². The Kier molecular flexibility index (Phi) is 3.46. The molecule has 0 radical (unpaired) electrons. The van der Waals surface area contributed by atoms with Gasteiger partial charge in [-0.25, -0.2) is 14.6 Å². The van der Waals surface area contributed by atoms with Crippen LogP contribution in [0.15, 0.2) is 10.6 Å². The minimum Gasteiger partial charge on any atom is -0.480 e. The van der Waals surface area contributed by atoms with Crippen LogP contribution < -0.4 is 10.6 Å². The maximum Gasteiger partial charge on any atom is 0.329 e. The number of hydrogen-bond acceptors (Lipinski definition) is 4. The van der Waals surface area contributed by atoms with Crippen LogP contribution in [0.4, 0.5) is 4.79 Å². The van der Waals surface area contributed by atoms with Gasteiger partial charge in [-0.1, -0.05) is 0 Å². The summed E-state index contributed by atoms with van der Waals surface area (Å²) >= 11 is 0. The molecule has 104 valence electrons. The summed E-state index contributed by atoms with van der Waals surface area (Å²) in [5.74, 6) is 0.0264. The van der Waals surface area contributed by atoms with Gasteiger partial charge in [0.25, 0.3) is 0 Å². The molecule has 7 heteroatoms. The molecule has 1 saturated carbocycles. The van der Waals surface area contributed by atoms with Crippen LogP contribution in [0.3, 0.4) is 0 Å². The highest BCUT2D eigenvalue weighted by atomic mass is 16.4. The Hall–Kier alpha value is -2.05. The van der Waals surface area contributed by atoms with Gasteiger partial charge in [0.1, 0.15) is 11.3 Å². The van der Waals surface area contributed by atoms with E-state index in [0.717, 1.165) is 12.8 Å². The summed E-state index contributed by atoms with van der Waals surface area (Å²) in [6, 6.07) is -0.535. The number of oxazole rings is 1. The van der Waals surface area contributed by atoms with Gasteiger partial charge in [0.2, 0.25) is 5.89 Å². The number of amides is 2. The zero-order valence-corrected chi connectivity index (χ0v) is 10.9. The van der Waals surface area contributed by atoms with Crippen molar-refractivity contribution in [1.29, 1.82) is 0 Å². The first-order valence-corrected chi connectivity index (χ1v) is 6.12. The van der Waals surface area contributed by atoms with E-state index in [0.29, 0.717) is 11.7 Å². The number of aliphatic carboxylic acids is 1. The summed E-state index contributed by atoms with van der Waals surface area (Å²) in [6.07, 6.45) is 3.20. The van der Waals surface area contributed by atoms with Crippen LogP contribution in [0.1, 0.15) is 31.4 Å². The van der Waals surface area contributed by atoms with Crippen LogP contribution in [0.2, 0.25) is 0 Å². The molecule has 0 saturated heterocycles. The molecule has 2 rings (SSSR count). The molecule has 7 nitrogen and oxygen atoms in total. The van der Waals surface area contributed by atoms with Gasteiger partial charge >= 0.3 is 12.0 Å². The minimum absolute atomic E-state index is 0.000248. The number of hydrogen-bond donors (Lipinski definition) is 3. The molecular weight excluding hydrogens is 250 g/mol. The van der Waals surface area contributed by atoms with Crippen molar-refractivity contribution in [3.05, 3.63) is 17.8 Å². The van der Waals surface area contributed by atoms with Crippen molar-refractivity contribution >= 4 is 12.0 Å². The van der Waals surface area contributed by atoms with E-state index >= 15 is 0 Å². The molecule has 0 spiro atoms. The number of carbonyl (C=O) groups is 2. The summed E-state index contributed by atoms with van der Waals surface area (Å²) in [6.45, 7) is 3.41. The highest BCUT2D eigenvalue weighted by molar-refractivity contribution is 5.86. The van der Waals surface area contributed by atoms with E-state index in [1.54, 1.807) is 13.1 Å². The monoisotopic (exact) mass is 267 g/mol. The Morgan fingerprint density at radius 1 is 1.58 bits per heavy atom. The predicted molar refractivity (Wildman–Crippen MR) is 65.4 cm³/mol. The third kappa shape index (κ3) is 3.04. The predicted octanol–water partition coefficient (Wildman–Crippen LogP) is 1.04. The molecule has 0 bridgehead atoms. The number of urea groups is 1. The van der Waals surface area contributed by atoms with Gasteiger partial charge < -0.3 is 20.2 Å². The highest BCUT2D eigenvalue weighted by Crippen LogP contribution is 2.39. The lowest BCUT2D eigenvalue weighted by molar-refractivity contribution is -0.144. The van der Waals surface area contributed by atoms with Crippen LogP contribution in [-0.4, -0.2) is 27.6 Å². The van der Waals surface area contributed by atoms with Crippen LogP contribution in [0, 0.1) is 12.8 Å². The smallest absolute Gasteiger partial charge is 0.329 e. The van der Waals surface area contributed by atoms with Gasteiger partial charge in [0, 0.05) is 0 Å². The third-order valence-corrected chi connectivity index (χ3v) is 3.28. The van der Waals surface area contributed by atoms with Crippen LogP contribution in [-0.2, 0) is 11.3 Å². The lowest BCUT2D eigenvalue weighted by Gasteiger charge is -2.25. The Morgan fingerprint density at radius 3 is 2.74 bits per heavy atom. The van der Waals surface area contributed by atoms with E-state index in [2.05, 4.69) is 15.6 Å². The molecule has 19 heavy (non-hydrogen) atoms. The molecule has 2 amide bonds. The van der Waals surface area contributed by atoms with E-state index in [1.807, 2.05) is 0 Å². The van der Waals surface area contributed by atoms with Crippen molar-refractivity contribution in [2.24, 2.45) is 5.92 Å². The third-order valence-electron chi connectivity index (χ3n) is 3.28. The number of nitrogens with one attached hydrogen (secondary N) is 2. The van der Waals surface area contributed by atoms with Gasteiger partial charge in [0.15, 0.2) is 0 Å². The van der Waals surface area contributed by atoms with E-state index in [1.165, 1.54) is 6.92 Å². The van der Waals surface area contributed by atoms with Gasteiger partial charge in [-0.15, -0.1) is 0 Å². The van der Waals surface area contributed by atoms with E-state index in [9.17, 15) is 14.7 Å². The fourth-order valence-corrected chi connectivity index (χ4v) is 1.91. The summed E-state index contributed by atoms with van der Waals surface area (Å²) in [7, 11) is 0. The molecule has 0 aromatic carbocycles. The second kappa shape index (κ2) is 4.91. The molecule has 1 atom stereocenters. The first-order chi connectivity index (χ1) is 8.91. The van der Waals surface area contributed by atoms with Crippen molar-refractivity contribution in [3.8, 4) is 0 Å². The lowest BCUT2D eigenvalue weighted by Crippen LogP contribution is -2.56. The van der Waals surface area contributed by atoms with Gasteiger partial charge in [-0.3, -0.25) is 0 Å². The lowest BCUT2D eigenvalue weighted by atomic mass is 9.96. The molecule has 1 aromatic heterocycles. The number of nitrogens with zero attached hydrogens (tertiary/aromatic N) is 1. The molecule has 3 N–H and O–H groups in total. The zero-order chi connectivity index (χ0) is 14.0.